The molecule has 1 amide bonds. The highest BCUT2D eigenvalue weighted by atomic mass is 16.5. The van der Waals surface area contributed by atoms with E-state index in [1.165, 1.54) is 0 Å². The number of carbonyl (C=O) groups is 1. The monoisotopic (exact) mass is 411 g/mol. The number of hydrogen-bond acceptors (Lipinski definition) is 4. The number of rotatable bonds is 5. The number of benzodiazepines with no additional fused rings is 1. The van der Waals surface area contributed by atoms with Crippen molar-refractivity contribution in [1.82, 2.24) is 0 Å². The third-order valence-corrected chi connectivity index (χ3v) is 5.22. The first-order valence-corrected chi connectivity index (χ1v) is 9.81. The zero-order chi connectivity index (χ0) is 21.8. The molecule has 1 heterocycles. The van der Waals surface area contributed by atoms with Crippen molar-refractivity contribution < 1.29 is 9.53 Å². The van der Waals surface area contributed by atoms with Crippen LogP contribution in [0.15, 0.2) is 89.0 Å². The molecule has 1 aliphatic rings. The minimum absolute atomic E-state index is 0.300. The van der Waals surface area contributed by atoms with Gasteiger partial charge in [-0.2, -0.15) is 0 Å². The minimum Gasteiger partial charge on any atom is -0.497 e. The Morgan fingerprint density at radius 3 is 2.39 bits per heavy atom. The van der Waals surface area contributed by atoms with Crippen LogP contribution >= 0.6 is 0 Å². The highest BCUT2D eigenvalue weighted by Gasteiger charge is 2.40. The van der Waals surface area contributed by atoms with E-state index in [4.69, 9.17) is 9.73 Å². The zero-order valence-electron chi connectivity index (χ0n) is 17.3. The summed E-state index contributed by atoms with van der Waals surface area (Å²) in [5.74, 6) is 0.347. The molecule has 7 nitrogen and oxygen atoms in total. The molecule has 0 spiro atoms. The molecule has 1 atom stereocenters. The Balaban J connectivity index is 1.89. The lowest BCUT2D eigenvalue weighted by molar-refractivity contribution is -0.122. The van der Waals surface area contributed by atoms with Gasteiger partial charge in [0.25, 0.3) is 5.91 Å². The van der Waals surface area contributed by atoms with Gasteiger partial charge in [-0.25, -0.2) is 0 Å². The zero-order valence-corrected chi connectivity index (χ0v) is 17.3. The van der Waals surface area contributed by atoms with Crippen LogP contribution in [-0.2, 0) is 11.3 Å². The van der Waals surface area contributed by atoms with Crippen LogP contribution < -0.4 is 9.64 Å². The van der Waals surface area contributed by atoms with Crippen molar-refractivity contribution in [3.8, 4) is 5.75 Å². The largest absolute Gasteiger partial charge is 0.497 e. The molecule has 0 saturated carbocycles. The van der Waals surface area contributed by atoms with E-state index in [1.807, 2.05) is 78.9 Å². The van der Waals surface area contributed by atoms with Crippen LogP contribution in [0.5, 0.6) is 5.75 Å². The standard InChI is InChI=1S/C24H21N5O2/c1-24(27-28-25)23(30)29(16-17-12-14-19(31-2)15-13-17)21-11-7-6-10-20(21)22(26-24)18-8-4-3-5-9-18/h3-15H,16H2,1-2H3. The van der Waals surface area contributed by atoms with Gasteiger partial charge in [-0.3, -0.25) is 9.79 Å². The van der Waals surface area contributed by atoms with Crippen LogP contribution in [0.3, 0.4) is 0 Å². The number of aliphatic imine (C=N–C) groups is 1. The highest BCUT2D eigenvalue weighted by molar-refractivity contribution is 6.20. The fourth-order valence-electron chi connectivity index (χ4n) is 3.64. The van der Waals surface area contributed by atoms with E-state index in [-0.39, 0.29) is 5.91 Å². The summed E-state index contributed by atoms with van der Waals surface area (Å²) in [6.07, 6.45) is 0. The number of anilines is 1. The topological polar surface area (TPSA) is 90.7 Å². The van der Waals surface area contributed by atoms with Gasteiger partial charge < -0.3 is 9.64 Å². The molecule has 0 aromatic heterocycles. The Labute approximate surface area is 180 Å². The summed E-state index contributed by atoms with van der Waals surface area (Å²) in [5.41, 5.74) is 11.5. The Bertz CT molecular complexity index is 1180. The Kier molecular flexibility index (Phi) is 5.43. The molecule has 1 aliphatic heterocycles. The molecule has 0 aliphatic carbocycles. The molecule has 0 radical (unpaired) electrons. The molecule has 3 aromatic carbocycles. The number of azide groups is 1. The number of para-hydroxylation sites is 1. The summed E-state index contributed by atoms with van der Waals surface area (Å²) in [5, 5.41) is 3.82. The lowest BCUT2D eigenvalue weighted by Gasteiger charge is -2.28. The number of fused-ring (bicyclic) bond motifs is 1. The number of methoxy groups -OCH3 is 1. The predicted octanol–water partition coefficient (Wildman–Crippen LogP) is 5.11. The number of nitrogens with zero attached hydrogens (tertiary/aromatic N) is 5. The first kappa shape index (κ1) is 20.2. The lowest BCUT2D eigenvalue weighted by atomic mass is 10.00. The molecule has 1 unspecified atom stereocenters. The third-order valence-electron chi connectivity index (χ3n) is 5.22. The Hall–Kier alpha value is -4.09. The fourth-order valence-corrected chi connectivity index (χ4v) is 3.64. The van der Waals surface area contributed by atoms with E-state index in [0.717, 1.165) is 22.4 Å². The van der Waals surface area contributed by atoms with E-state index in [0.29, 0.717) is 17.9 Å². The van der Waals surface area contributed by atoms with E-state index < -0.39 is 5.66 Å². The smallest absolute Gasteiger partial charge is 0.261 e. The Morgan fingerprint density at radius 1 is 1.03 bits per heavy atom. The minimum atomic E-state index is -1.62. The normalized spacial score (nSPS) is 17.8. The van der Waals surface area contributed by atoms with E-state index >= 15 is 0 Å². The maximum absolute atomic E-state index is 13.7. The van der Waals surface area contributed by atoms with Crippen molar-refractivity contribution in [2.45, 2.75) is 19.1 Å². The maximum atomic E-state index is 13.7. The van der Waals surface area contributed by atoms with E-state index in [1.54, 1.807) is 18.9 Å². The van der Waals surface area contributed by atoms with Crippen LogP contribution in [0, 0.1) is 0 Å². The highest BCUT2D eigenvalue weighted by Crippen LogP contribution is 2.34. The van der Waals surface area contributed by atoms with Gasteiger partial charge in [0.05, 0.1) is 25.1 Å². The van der Waals surface area contributed by atoms with Crippen LogP contribution in [0.25, 0.3) is 10.4 Å². The molecule has 0 fully saturated rings. The van der Waals surface area contributed by atoms with Gasteiger partial charge >= 0.3 is 0 Å². The third kappa shape index (κ3) is 3.86. The van der Waals surface area contributed by atoms with Gasteiger partial charge in [-0.15, -0.1) is 0 Å². The molecular formula is C24H21N5O2. The van der Waals surface area contributed by atoms with Gasteiger partial charge in [0.1, 0.15) is 5.75 Å². The molecule has 4 rings (SSSR count). The lowest BCUT2D eigenvalue weighted by Crippen LogP contribution is -2.44. The summed E-state index contributed by atoms with van der Waals surface area (Å²) in [4.78, 5) is 22.9. The summed E-state index contributed by atoms with van der Waals surface area (Å²) in [7, 11) is 1.61. The SMILES string of the molecule is COc1ccc(CN2C(=O)C(C)(N=[N+]=[N-])N=C(c3ccccc3)c3ccccc32)cc1. The summed E-state index contributed by atoms with van der Waals surface area (Å²) >= 11 is 0. The van der Waals surface area contributed by atoms with Crippen molar-refractivity contribution in [2.24, 2.45) is 10.1 Å². The summed E-state index contributed by atoms with van der Waals surface area (Å²) in [6, 6.07) is 24.7. The summed E-state index contributed by atoms with van der Waals surface area (Å²) < 4.78 is 5.23. The van der Waals surface area contributed by atoms with Gasteiger partial charge in [-0.05, 0) is 36.2 Å². The van der Waals surface area contributed by atoms with Gasteiger partial charge in [0.2, 0.25) is 5.66 Å². The van der Waals surface area contributed by atoms with E-state index in [2.05, 4.69) is 10.0 Å². The van der Waals surface area contributed by atoms with Crippen LogP contribution in [-0.4, -0.2) is 24.4 Å². The quantitative estimate of drug-likeness (QED) is 0.332. The van der Waals surface area contributed by atoms with Crippen LogP contribution in [0.2, 0.25) is 0 Å². The molecular weight excluding hydrogens is 390 g/mol. The molecule has 0 saturated heterocycles. The first-order chi connectivity index (χ1) is 15.1. The molecule has 7 heteroatoms. The van der Waals surface area contributed by atoms with Crippen molar-refractivity contribution in [2.75, 3.05) is 12.0 Å². The van der Waals surface area contributed by atoms with Crippen molar-refractivity contribution in [3.05, 3.63) is 106 Å². The molecule has 0 N–H and O–H groups in total. The van der Waals surface area contributed by atoms with E-state index in [9.17, 15) is 10.3 Å². The van der Waals surface area contributed by atoms with Crippen LogP contribution in [0.1, 0.15) is 23.6 Å². The number of carbonyl (C=O) groups excluding carboxylic acids is 1. The number of amides is 1. The van der Waals surface area contributed by atoms with Gasteiger partial charge in [0, 0.05) is 16.0 Å². The van der Waals surface area contributed by atoms with Crippen molar-refractivity contribution in [1.29, 1.82) is 0 Å². The second kappa shape index (κ2) is 8.34. The average Bonchev–Trinajstić information content (AvgIpc) is 2.90. The second-order valence-electron chi connectivity index (χ2n) is 7.29. The van der Waals surface area contributed by atoms with Crippen LogP contribution in [0.4, 0.5) is 5.69 Å². The molecule has 3 aromatic rings. The Morgan fingerprint density at radius 2 is 1.71 bits per heavy atom. The number of ether oxygens (including phenoxy) is 1. The average molecular weight is 411 g/mol. The predicted molar refractivity (Wildman–Crippen MR) is 120 cm³/mol. The van der Waals surface area contributed by atoms with Crippen molar-refractivity contribution >= 4 is 17.3 Å². The fraction of sp³-hybridized carbons (Fsp3) is 0.167. The van der Waals surface area contributed by atoms with Gasteiger partial charge in [-0.1, -0.05) is 65.8 Å². The maximum Gasteiger partial charge on any atom is 0.261 e. The summed E-state index contributed by atoms with van der Waals surface area (Å²) in [6.45, 7) is 1.85. The molecule has 0 bridgehead atoms. The first-order valence-electron chi connectivity index (χ1n) is 9.81. The van der Waals surface area contributed by atoms with Gasteiger partial charge in [0.15, 0.2) is 0 Å². The number of benzene rings is 3. The molecule has 31 heavy (non-hydrogen) atoms. The molecule has 154 valence electrons. The van der Waals surface area contributed by atoms with Crippen molar-refractivity contribution in [3.63, 3.8) is 0 Å². The second-order valence-corrected chi connectivity index (χ2v) is 7.29. The number of hydrogen-bond donors (Lipinski definition) is 0.